The van der Waals surface area contributed by atoms with E-state index in [1.165, 1.54) is 0 Å². The van der Waals surface area contributed by atoms with E-state index >= 15 is 0 Å². The molecule has 0 saturated carbocycles. The number of piperazine rings is 2. The fraction of sp³-hybridized carbons (Fsp3) is 1.00. The Hall–Kier alpha value is -0.210. The molecule has 0 bridgehead atoms. The third kappa shape index (κ3) is 3.46. The predicted molar refractivity (Wildman–Crippen MR) is 76.3 cm³/mol. The zero-order chi connectivity index (χ0) is 14.1. The Kier molecular flexibility index (Phi) is 4.52. The molecular weight excluding hydrogens is 264 g/mol. The first-order valence-electron chi connectivity index (χ1n) is 7.03. The van der Waals surface area contributed by atoms with Crippen molar-refractivity contribution in [3.63, 3.8) is 0 Å². The first-order valence-corrected chi connectivity index (χ1v) is 8.42. The van der Waals surface area contributed by atoms with Gasteiger partial charge in [-0.3, -0.25) is 4.90 Å². The third-order valence-corrected chi connectivity index (χ3v) is 5.95. The molecule has 7 heteroatoms. The highest BCUT2D eigenvalue weighted by molar-refractivity contribution is 7.86. The van der Waals surface area contributed by atoms with Crippen molar-refractivity contribution in [3.05, 3.63) is 0 Å². The summed E-state index contributed by atoms with van der Waals surface area (Å²) in [5.74, 6) is 0. The van der Waals surface area contributed by atoms with Crippen LogP contribution >= 0.6 is 0 Å². The number of nitrogens with zero attached hydrogens (tertiary/aromatic N) is 3. The third-order valence-electron chi connectivity index (χ3n) is 3.92. The maximum Gasteiger partial charge on any atom is 0.282 e. The van der Waals surface area contributed by atoms with Crippen LogP contribution in [0.2, 0.25) is 0 Å². The van der Waals surface area contributed by atoms with E-state index in [0.29, 0.717) is 26.2 Å². The normalized spacial score (nSPS) is 25.6. The minimum Gasteiger partial charge on any atom is -0.314 e. The standard InChI is InChI=1S/C12H26N4O2S/c1-12(2,3)14-8-10-16(11-9-14)19(17,18)15-6-4-13-5-7-15/h13H,4-11H2,1-3H3. The molecule has 2 rings (SSSR count). The second kappa shape index (κ2) is 5.65. The van der Waals surface area contributed by atoms with Gasteiger partial charge in [-0.05, 0) is 20.8 Å². The lowest BCUT2D eigenvalue weighted by atomic mass is 10.1. The number of nitrogens with one attached hydrogen (secondary N) is 1. The van der Waals surface area contributed by atoms with E-state index in [-0.39, 0.29) is 5.54 Å². The fourth-order valence-corrected chi connectivity index (χ4v) is 4.22. The molecule has 0 aromatic rings. The van der Waals surface area contributed by atoms with Crippen molar-refractivity contribution < 1.29 is 8.42 Å². The molecule has 0 aliphatic carbocycles. The van der Waals surface area contributed by atoms with Gasteiger partial charge in [-0.2, -0.15) is 17.0 Å². The molecule has 19 heavy (non-hydrogen) atoms. The van der Waals surface area contributed by atoms with Crippen molar-refractivity contribution >= 4 is 10.2 Å². The van der Waals surface area contributed by atoms with Gasteiger partial charge in [0.15, 0.2) is 0 Å². The Morgan fingerprint density at radius 1 is 0.842 bits per heavy atom. The molecule has 1 N–H and O–H groups in total. The highest BCUT2D eigenvalue weighted by Gasteiger charge is 2.35. The molecule has 0 aromatic carbocycles. The predicted octanol–water partition coefficient (Wildman–Crippen LogP) is -0.447. The number of hydrogen-bond donors (Lipinski definition) is 1. The van der Waals surface area contributed by atoms with Crippen LogP contribution in [0.5, 0.6) is 0 Å². The van der Waals surface area contributed by atoms with Crippen LogP contribution in [0.4, 0.5) is 0 Å². The van der Waals surface area contributed by atoms with Crippen LogP contribution in [0, 0.1) is 0 Å². The largest absolute Gasteiger partial charge is 0.314 e. The highest BCUT2D eigenvalue weighted by atomic mass is 32.2. The second-order valence-corrected chi connectivity index (χ2v) is 8.14. The SMILES string of the molecule is CC(C)(C)N1CCN(S(=O)(=O)N2CCNCC2)CC1. The minimum atomic E-state index is -3.25. The molecule has 2 heterocycles. The average molecular weight is 290 g/mol. The monoisotopic (exact) mass is 290 g/mol. The van der Waals surface area contributed by atoms with Gasteiger partial charge in [0, 0.05) is 57.9 Å². The van der Waals surface area contributed by atoms with Crippen LogP contribution in [0.3, 0.4) is 0 Å². The van der Waals surface area contributed by atoms with Crippen LogP contribution in [0.1, 0.15) is 20.8 Å². The van der Waals surface area contributed by atoms with E-state index in [0.717, 1.165) is 26.2 Å². The molecule has 2 aliphatic rings. The molecule has 2 fully saturated rings. The van der Waals surface area contributed by atoms with Crippen molar-refractivity contribution in [1.82, 2.24) is 18.8 Å². The highest BCUT2D eigenvalue weighted by Crippen LogP contribution is 2.19. The van der Waals surface area contributed by atoms with E-state index in [4.69, 9.17) is 0 Å². The van der Waals surface area contributed by atoms with Gasteiger partial charge in [0.05, 0.1) is 0 Å². The molecule has 2 aliphatic heterocycles. The fourth-order valence-electron chi connectivity index (χ4n) is 2.63. The van der Waals surface area contributed by atoms with E-state index < -0.39 is 10.2 Å². The zero-order valence-corrected chi connectivity index (χ0v) is 13.0. The zero-order valence-electron chi connectivity index (χ0n) is 12.2. The lowest BCUT2D eigenvalue weighted by molar-refractivity contribution is 0.0894. The van der Waals surface area contributed by atoms with Crippen LogP contribution in [0.25, 0.3) is 0 Å². The summed E-state index contributed by atoms with van der Waals surface area (Å²) in [4.78, 5) is 2.34. The molecule has 0 radical (unpaired) electrons. The molecule has 0 spiro atoms. The molecule has 0 aromatic heterocycles. The Labute approximate surface area is 116 Å². The van der Waals surface area contributed by atoms with Gasteiger partial charge >= 0.3 is 0 Å². The second-order valence-electron chi connectivity index (χ2n) is 6.21. The minimum absolute atomic E-state index is 0.116. The molecule has 0 atom stereocenters. The van der Waals surface area contributed by atoms with Gasteiger partial charge in [0.25, 0.3) is 10.2 Å². The van der Waals surface area contributed by atoms with Crippen molar-refractivity contribution in [2.24, 2.45) is 0 Å². The summed E-state index contributed by atoms with van der Waals surface area (Å²) in [6.45, 7) is 12.0. The molecule has 0 amide bonds. The Morgan fingerprint density at radius 2 is 1.32 bits per heavy atom. The Balaban J connectivity index is 1.96. The molecule has 0 unspecified atom stereocenters. The Morgan fingerprint density at radius 3 is 1.79 bits per heavy atom. The molecule has 112 valence electrons. The van der Waals surface area contributed by atoms with Gasteiger partial charge in [0.2, 0.25) is 0 Å². The maximum absolute atomic E-state index is 12.5. The molecular formula is C12H26N4O2S. The van der Waals surface area contributed by atoms with Gasteiger partial charge in [-0.25, -0.2) is 0 Å². The summed E-state index contributed by atoms with van der Waals surface area (Å²) in [7, 11) is -3.25. The van der Waals surface area contributed by atoms with Gasteiger partial charge in [-0.15, -0.1) is 0 Å². The van der Waals surface area contributed by atoms with E-state index in [9.17, 15) is 8.42 Å². The summed E-state index contributed by atoms with van der Waals surface area (Å²) >= 11 is 0. The summed E-state index contributed by atoms with van der Waals surface area (Å²) in [5.41, 5.74) is 0.116. The van der Waals surface area contributed by atoms with Crippen LogP contribution in [-0.2, 0) is 10.2 Å². The summed E-state index contributed by atoms with van der Waals surface area (Å²) < 4.78 is 28.3. The first kappa shape index (κ1) is 15.2. The van der Waals surface area contributed by atoms with Crippen molar-refractivity contribution in [2.75, 3.05) is 52.4 Å². The van der Waals surface area contributed by atoms with Crippen LogP contribution in [-0.4, -0.2) is 79.8 Å². The maximum atomic E-state index is 12.5. The smallest absolute Gasteiger partial charge is 0.282 e. The van der Waals surface area contributed by atoms with E-state index in [1.807, 2.05) is 0 Å². The summed E-state index contributed by atoms with van der Waals surface area (Å²) in [6.07, 6.45) is 0. The van der Waals surface area contributed by atoms with E-state index in [1.54, 1.807) is 8.61 Å². The quantitative estimate of drug-likeness (QED) is 0.749. The van der Waals surface area contributed by atoms with Gasteiger partial charge in [-0.1, -0.05) is 0 Å². The number of hydrogen-bond acceptors (Lipinski definition) is 4. The molecule has 2 saturated heterocycles. The lowest BCUT2D eigenvalue weighted by Crippen LogP contribution is -2.58. The topological polar surface area (TPSA) is 55.9 Å². The average Bonchev–Trinajstić information content (AvgIpc) is 2.39. The Bertz CT molecular complexity index is 390. The summed E-state index contributed by atoms with van der Waals surface area (Å²) in [5, 5.41) is 3.18. The van der Waals surface area contributed by atoms with E-state index in [2.05, 4.69) is 31.0 Å². The van der Waals surface area contributed by atoms with Crippen molar-refractivity contribution in [1.29, 1.82) is 0 Å². The lowest BCUT2D eigenvalue weighted by Gasteiger charge is -2.43. The van der Waals surface area contributed by atoms with Crippen LogP contribution in [0.15, 0.2) is 0 Å². The first-order chi connectivity index (χ1) is 8.82. The van der Waals surface area contributed by atoms with Crippen LogP contribution < -0.4 is 5.32 Å². The van der Waals surface area contributed by atoms with Crippen molar-refractivity contribution in [3.8, 4) is 0 Å². The van der Waals surface area contributed by atoms with Gasteiger partial charge < -0.3 is 5.32 Å². The van der Waals surface area contributed by atoms with Crippen molar-refractivity contribution in [2.45, 2.75) is 26.3 Å². The van der Waals surface area contributed by atoms with Gasteiger partial charge in [0.1, 0.15) is 0 Å². The number of rotatable bonds is 2. The summed E-state index contributed by atoms with van der Waals surface area (Å²) in [6, 6.07) is 0. The molecule has 6 nitrogen and oxygen atoms in total.